The Labute approximate surface area is 124 Å². The van der Waals surface area contributed by atoms with Gasteiger partial charge in [0.25, 0.3) is 0 Å². The molecule has 0 bridgehead atoms. The lowest BCUT2D eigenvalue weighted by atomic mass is 10.1. The number of carbonyl (C=O) groups is 1. The van der Waals surface area contributed by atoms with E-state index in [1.54, 1.807) is 25.3 Å². The molecule has 0 radical (unpaired) electrons. The molecule has 0 aliphatic heterocycles. The predicted octanol–water partition coefficient (Wildman–Crippen LogP) is 3.25. The fourth-order valence-electron chi connectivity index (χ4n) is 2.01. The molecule has 0 saturated carbocycles. The summed E-state index contributed by atoms with van der Waals surface area (Å²) in [6, 6.07) is 10.9. The van der Waals surface area contributed by atoms with Gasteiger partial charge in [0, 0.05) is 11.3 Å². The van der Waals surface area contributed by atoms with Crippen molar-refractivity contribution in [2.45, 2.75) is 20.5 Å². The van der Waals surface area contributed by atoms with Gasteiger partial charge < -0.3 is 15.2 Å². The van der Waals surface area contributed by atoms with Crippen LogP contribution in [0.3, 0.4) is 0 Å². The molecule has 0 aliphatic rings. The van der Waals surface area contributed by atoms with Crippen LogP contribution in [0, 0.1) is 13.8 Å². The Bertz CT molecular complexity index is 665. The van der Waals surface area contributed by atoms with E-state index in [4.69, 9.17) is 15.2 Å². The maximum Gasteiger partial charge on any atom is 0.338 e. The second kappa shape index (κ2) is 6.31. The quantitative estimate of drug-likeness (QED) is 0.692. The highest BCUT2D eigenvalue weighted by Gasteiger charge is 2.11. The highest BCUT2D eigenvalue weighted by atomic mass is 16.5. The van der Waals surface area contributed by atoms with E-state index in [0.717, 1.165) is 16.7 Å². The van der Waals surface area contributed by atoms with Crippen LogP contribution >= 0.6 is 0 Å². The third-order valence-electron chi connectivity index (χ3n) is 3.31. The third-order valence-corrected chi connectivity index (χ3v) is 3.31. The molecule has 4 nitrogen and oxygen atoms in total. The number of aryl methyl sites for hydroxylation is 2. The Hall–Kier alpha value is -2.49. The van der Waals surface area contributed by atoms with Gasteiger partial charge in [-0.05, 0) is 43.7 Å². The molecule has 4 heteroatoms. The second-order valence-electron chi connectivity index (χ2n) is 4.96. The Morgan fingerprint density at radius 2 is 1.90 bits per heavy atom. The van der Waals surface area contributed by atoms with Gasteiger partial charge in [0.2, 0.25) is 0 Å². The predicted molar refractivity (Wildman–Crippen MR) is 82.4 cm³/mol. The monoisotopic (exact) mass is 285 g/mol. The largest absolute Gasteiger partial charge is 0.496 e. The van der Waals surface area contributed by atoms with Crippen molar-refractivity contribution in [3.8, 4) is 5.75 Å². The maximum absolute atomic E-state index is 12.0. The third kappa shape index (κ3) is 3.54. The number of ether oxygens (including phenoxy) is 2. The van der Waals surface area contributed by atoms with Crippen LogP contribution in [0.1, 0.15) is 27.0 Å². The molecule has 2 aromatic rings. The van der Waals surface area contributed by atoms with Crippen LogP contribution in [-0.4, -0.2) is 13.1 Å². The van der Waals surface area contributed by atoms with E-state index in [1.165, 1.54) is 0 Å². The molecule has 0 atom stereocenters. The van der Waals surface area contributed by atoms with Gasteiger partial charge in [-0.3, -0.25) is 0 Å². The van der Waals surface area contributed by atoms with Crippen LogP contribution in [0.5, 0.6) is 5.75 Å². The van der Waals surface area contributed by atoms with Crippen LogP contribution in [0.25, 0.3) is 0 Å². The zero-order valence-corrected chi connectivity index (χ0v) is 12.5. The minimum Gasteiger partial charge on any atom is -0.496 e. The van der Waals surface area contributed by atoms with Gasteiger partial charge in [-0.15, -0.1) is 0 Å². The zero-order valence-electron chi connectivity index (χ0n) is 12.5. The SMILES string of the molecule is COc1ccc(C)cc1COC(=O)c1ccc(C)c(N)c1. The van der Waals surface area contributed by atoms with Crippen LogP contribution in [0.15, 0.2) is 36.4 Å². The van der Waals surface area contributed by atoms with Crippen LogP contribution in [-0.2, 0) is 11.3 Å². The normalized spacial score (nSPS) is 10.2. The van der Waals surface area contributed by atoms with E-state index in [-0.39, 0.29) is 6.61 Å². The first-order valence-corrected chi connectivity index (χ1v) is 6.68. The van der Waals surface area contributed by atoms with Crippen molar-refractivity contribution in [3.63, 3.8) is 0 Å². The lowest BCUT2D eigenvalue weighted by Gasteiger charge is -2.11. The summed E-state index contributed by atoms with van der Waals surface area (Å²) in [5.74, 6) is 0.307. The van der Waals surface area contributed by atoms with Gasteiger partial charge in [-0.25, -0.2) is 4.79 Å². The molecule has 0 aliphatic carbocycles. The first-order chi connectivity index (χ1) is 10.0. The van der Waals surface area contributed by atoms with Gasteiger partial charge in [0.1, 0.15) is 12.4 Å². The van der Waals surface area contributed by atoms with Crippen molar-refractivity contribution in [2.24, 2.45) is 0 Å². The highest BCUT2D eigenvalue weighted by Crippen LogP contribution is 2.21. The van der Waals surface area contributed by atoms with Gasteiger partial charge in [0.15, 0.2) is 0 Å². The van der Waals surface area contributed by atoms with Gasteiger partial charge in [-0.2, -0.15) is 0 Å². The number of nitrogens with two attached hydrogens (primary N) is 1. The average Bonchev–Trinajstić information content (AvgIpc) is 2.47. The van der Waals surface area contributed by atoms with E-state index < -0.39 is 5.97 Å². The molecule has 0 aromatic heterocycles. The molecule has 0 spiro atoms. The number of hydrogen-bond donors (Lipinski definition) is 1. The van der Waals surface area contributed by atoms with Gasteiger partial charge in [0.05, 0.1) is 12.7 Å². The van der Waals surface area contributed by atoms with Crippen molar-refractivity contribution in [3.05, 3.63) is 58.7 Å². The molecule has 2 aromatic carbocycles. The summed E-state index contributed by atoms with van der Waals surface area (Å²) in [6.45, 7) is 4.03. The minimum atomic E-state index is -0.398. The number of hydrogen-bond acceptors (Lipinski definition) is 4. The topological polar surface area (TPSA) is 61.5 Å². The van der Waals surface area contributed by atoms with Gasteiger partial charge in [-0.1, -0.05) is 17.7 Å². The summed E-state index contributed by atoms with van der Waals surface area (Å²) >= 11 is 0. The van der Waals surface area contributed by atoms with Crippen molar-refractivity contribution < 1.29 is 14.3 Å². The summed E-state index contributed by atoms with van der Waals surface area (Å²) in [5, 5.41) is 0. The molecule has 0 saturated heterocycles. The number of methoxy groups -OCH3 is 1. The molecule has 0 unspecified atom stereocenters. The first-order valence-electron chi connectivity index (χ1n) is 6.68. The highest BCUT2D eigenvalue weighted by molar-refractivity contribution is 5.90. The number of anilines is 1. The van der Waals surface area contributed by atoms with Crippen molar-refractivity contribution in [1.29, 1.82) is 0 Å². The summed E-state index contributed by atoms with van der Waals surface area (Å²) in [7, 11) is 1.59. The number of carbonyl (C=O) groups excluding carboxylic acids is 1. The summed E-state index contributed by atoms with van der Waals surface area (Å²) in [4.78, 5) is 12.0. The Kier molecular flexibility index (Phi) is 4.48. The van der Waals surface area contributed by atoms with Crippen molar-refractivity contribution in [1.82, 2.24) is 0 Å². The Morgan fingerprint density at radius 1 is 1.14 bits per heavy atom. The fraction of sp³-hybridized carbons (Fsp3) is 0.235. The lowest BCUT2D eigenvalue weighted by molar-refractivity contribution is 0.0470. The zero-order chi connectivity index (χ0) is 15.4. The van der Waals surface area contributed by atoms with Crippen molar-refractivity contribution >= 4 is 11.7 Å². The molecule has 2 N–H and O–H groups in total. The molecule has 0 fully saturated rings. The number of esters is 1. The Morgan fingerprint density at radius 3 is 2.57 bits per heavy atom. The van der Waals surface area contributed by atoms with Crippen LogP contribution < -0.4 is 10.5 Å². The number of nitrogen functional groups attached to an aromatic ring is 1. The molecule has 21 heavy (non-hydrogen) atoms. The maximum atomic E-state index is 12.0. The molecular weight excluding hydrogens is 266 g/mol. The van der Waals surface area contributed by atoms with Crippen LogP contribution in [0.2, 0.25) is 0 Å². The molecule has 110 valence electrons. The molecule has 0 heterocycles. The number of rotatable bonds is 4. The summed E-state index contributed by atoms with van der Waals surface area (Å²) in [5.41, 5.74) is 9.69. The smallest absolute Gasteiger partial charge is 0.338 e. The van der Waals surface area contributed by atoms with E-state index in [9.17, 15) is 4.79 Å². The average molecular weight is 285 g/mol. The number of benzene rings is 2. The van der Waals surface area contributed by atoms with E-state index in [0.29, 0.717) is 17.0 Å². The van der Waals surface area contributed by atoms with E-state index in [2.05, 4.69) is 0 Å². The summed E-state index contributed by atoms with van der Waals surface area (Å²) in [6.07, 6.45) is 0. The first kappa shape index (κ1) is 14.9. The van der Waals surface area contributed by atoms with Gasteiger partial charge >= 0.3 is 5.97 Å². The fourth-order valence-corrected chi connectivity index (χ4v) is 2.01. The second-order valence-corrected chi connectivity index (χ2v) is 4.96. The Balaban J connectivity index is 2.10. The lowest BCUT2D eigenvalue weighted by Crippen LogP contribution is -2.07. The van der Waals surface area contributed by atoms with E-state index in [1.807, 2.05) is 32.0 Å². The summed E-state index contributed by atoms with van der Waals surface area (Å²) < 4.78 is 10.6. The molecule has 0 amide bonds. The minimum absolute atomic E-state index is 0.164. The standard InChI is InChI=1S/C17H19NO3/c1-11-4-7-16(20-3)14(8-11)10-21-17(19)13-6-5-12(2)15(18)9-13/h4-9H,10,18H2,1-3H3. The molecular formula is C17H19NO3. The molecule has 2 rings (SSSR count). The van der Waals surface area contributed by atoms with E-state index >= 15 is 0 Å². The van der Waals surface area contributed by atoms with Crippen LogP contribution in [0.4, 0.5) is 5.69 Å². The van der Waals surface area contributed by atoms with Crippen molar-refractivity contribution in [2.75, 3.05) is 12.8 Å².